The predicted molar refractivity (Wildman–Crippen MR) is 86.1 cm³/mol. The second kappa shape index (κ2) is 6.32. The lowest BCUT2D eigenvalue weighted by Crippen LogP contribution is -1.93. The number of benzene rings is 1. The summed E-state index contributed by atoms with van der Waals surface area (Å²) in [5.41, 5.74) is 2.31. The summed E-state index contributed by atoms with van der Waals surface area (Å²) in [5, 5.41) is 2.78. The van der Waals surface area contributed by atoms with E-state index in [1.807, 2.05) is 12.3 Å². The van der Waals surface area contributed by atoms with Crippen molar-refractivity contribution < 1.29 is 0 Å². The smallest absolute Gasteiger partial charge is 0.129 e. The molecule has 0 aliphatic carbocycles. The predicted octanol–water partition coefficient (Wildman–Crippen LogP) is 4.73. The number of nitrogens with zero attached hydrogens (tertiary/aromatic N) is 1. The van der Waals surface area contributed by atoms with E-state index in [4.69, 9.17) is 11.6 Å². The Kier molecular flexibility index (Phi) is 4.74. The highest BCUT2D eigenvalue weighted by Gasteiger charge is 2.09. The highest BCUT2D eigenvalue weighted by Crippen LogP contribution is 2.28. The zero-order valence-electron chi connectivity index (χ0n) is 11.3. The number of hydrogen-bond acceptors (Lipinski definition) is 2. The third-order valence-electron chi connectivity index (χ3n) is 2.96. The molecule has 0 atom stereocenters. The minimum Gasteiger partial charge on any atom is -0.244 e. The van der Waals surface area contributed by atoms with Gasteiger partial charge in [-0.3, -0.25) is 0 Å². The summed E-state index contributed by atoms with van der Waals surface area (Å²) in [5.74, 6) is 7.67. The maximum Gasteiger partial charge on any atom is 0.129 e. The van der Waals surface area contributed by atoms with Crippen molar-refractivity contribution in [2.75, 3.05) is 12.0 Å². The van der Waals surface area contributed by atoms with Crippen LogP contribution in [0.3, 0.4) is 0 Å². The van der Waals surface area contributed by atoms with E-state index in [-0.39, 0.29) is 0 Å². The number of thioether (sulfide) groups is 1. The van der Waals surface area contributed by atoms with Crippen LogP contribution >= 0.6 is 23.4 Å². The Morgan fingerprint density at radius 3 is 2.79 bits per heavy atom. The van der Waals surface area contributed by atoms with Gasteiger partial charge in [-0.05, 0) is 35.3 Å². The Balaban J connectivity index is 2.64. The van der Waals surface area contributed by atoms with Crippen LogP contribution in [0.25, 0.3) is 10.8 Å². The van der Waals surface area contributed by atoms with Gasteiger partial charge >= 0.3 is 0 Å². The first kappa shape index (κ1) is 14.2. The normalized spacial score (nSPS) is 10.6. The monoisotopic (exact) mass is 289 g/mol. The average molecular weight is 290 g/mol. The van der Waals surface area contributed by atoms with E-state index < -0.39 is 0 Å². The van der Waals surface area contributed by atoms with E-state index in [9.17, 15) is 0 Å². The second-order valence-electron chi connectivity index (χ2n) is 4.64. The number of pyridine rings is 1. The molecule has 1 nitrogen and oxygen atoms in total. The van der Waals surface area contributed by atoms with E-state index in [0.29, 0.717) is 11.1 Å². The highest BCUT2D eigenvalue weighted by atomic mass is 35.5. The largest absolute Gasteiger partial charge is 0.244 e. The molecule has 0 bridgehead atoms. The van der Waals surface area contributed by atoms with Crippen LogP contribution in [0.5, 0.6) is 0 Å². The van der Waals surface area contributed by atoms with E-state index in [2.05, 4.69) is 49.1 Å². The van der Waals surface area contributed by atoms with Gasteiger partial charge in [-0.2, -0.15) is 11.8 Å². The van der Waals surface area contributed by atoms with Crippen molar-refractivity contribution in [3.8, 4) is 11.8 Å². The number of fused-ring (bicyclic) bond motifs is 1. The molecular formula is C16H16ClNS. The van der Waals surface area contributed by atoms with Gasteiger partial charge in [0.15, 0.2) is 0 Å². The van der Waals surface area contributed by atoms with Gasteiger partial charge < -0.3 is 0 Å². The first-order chi connectivity index (χ1) is 9.13. The van der Waals surface area contributed by atoms with E-state index in [1.165, 1.54) is 5.56 Å². The summed E-state index contributed by atoms with van der Waals surface area (Å²) >= 11 is 7.75. The van der Waals surface area contributed by atoms with Crippen molar-refractivity contribution in [2.45, 2.75) is 19.8 Å². The van der Waals surface area contributed by atoms with Crippen LogP contribution in [-0.4, -0.2) is 17.0 Å². The molecule has 0 radical (unpaired) electrons. The first-order valence-electron chi connectivity index (χ1n) is 6.19. The van der Waals surface area contributed by atoms with Gasteiger partial charge in [0.25, 0.3) is 0 Å². The molecule has 0 saturated carbocycles. The molecule has 2 rings (SSSR count). The number of halogens is 1. The molecule has 0 aliphatic heterocycles. The maximum atomic E-state index is 6.02. The average Bonchev–Trinajstić information content (AvgIpc) is 2.38. The van der Waals surface area contributed by atoms with Crippen LogP contribution in [-0.2, 0) is 0 Å². The van der Waals surface area contributed by atoms with E-state index >= 15 is 0 Å². The molecule has 1 heterocycles. The third kappa shape index (κ3) is 3.23. The van der Waals surface area contributed by atoms with Gasteiger partial charge in [0.05, 0.1) is 5.75 Å². The molecule has 0 aliphatic rings. The summed E-state index contributed by atoms with van der Waals surface area (Å²) in [6.07, 6.45) is 3.88. The lowest BCUT2D eigenvalue weighted by Gasteiger charge is -2.11. The Morgan fingerprint density at radius 1 is 1.32 bits per heavy atom. The Labute approximate surface area is 123 Å². The standard InChI is InChI=1S/C16H16ClNS/c1-11(2)13-7-6-12(5-4-8-19-3)15-10-18-16(17)9-14(13)15/h6-7,9-11H,8H2,1-3H3. The second-order valence-corrected chi connectivity index (χ2v) is 5.90. The molecule has 2 aromatic rings. The summed E-state index contributed by atoms with van der Waals surface area (Å²) < 4.78 is 0. The van der Waals surface area contributed by atoms with Gasteiger partial charge in [-0.15, -0.1) is 0 Å². The molecule has 0 amide bonds. The van der Waals surface area contributed by atoms with Crippen LogP contribution in [0.2, 0.25) is 5.15 Å². The molecule has 3 heteroatoms. The fraction of sp³-hybridized carbons (Fsp3) is 0.312. The van der Waals surface area contributed by atoms with Crippen LogP contribution in [0.15, 0.2) is 24.4 Å². The van der Waals surface area contributed by atoms with Crippen molar-refractivity contribution in [2.24, 2.45) is 0 Å². The van der Waals surface area contributed by atoms with Crippen LogP contribution in [0, 0.1) is 11.8 Å². The topological polar surface area (TPSA) is 12.9 Å². The fourth-order valence-corrected chi connectivity index (χ4v) is 2.43. The first-order valence-corrected chi connectivity index (χ1v) is 7.96. The molecule has 1 aromatic carbocycles. The van der Waals surface area contributed by atoms with Crippen LogP contribution in [0.1, 0.15) is 30.9 Å². The zero-order chi connectivity index (χ0) is 13.8. The molecule has 0 saturated heterocycles. The SMILES string of the molecule is CSCC#Cc1ccc(C(C)C)c2cc(Cl)ncc12. The van der Waals surface area contributed by atoms with Gasteiger partial charge in [-0.1, -0.05) is 43.4 Å². The number of rotatable bonds is 2. The van der Waals surface area contributed by atoms with Crippen molar-refractivity contribution in [3.63, 3.8) is 0 Å². The maximum absolute atomic E-state index is 6.02. The van der Waals surface area contributed by atoms with Crippen molar-refractivity contribution in [3.05, 3.63) is 40.7 Å². The van der Waals surface area contributed by atoms with Crippen LogP contribution < -0.4 is 0 Å². The number of hydrogen-bond donors (Lipinski definition) is 0. The molecule has 98 valence electrons. The van der Waals surface area contributed by atoms with Crippen molar-refractivity contribution in [1.82, 2.24) is 4.98 Å². The Hall–Kier alpha value is -1.17. The molecule has 0 fully saturated rings. The fourth-order valence-electron chi connectivity index (χ4n) is 2.05. The van der Waals surface area contributed by atoms with Gasteiger partial charge in [0, 0.05) is 17.1 Å². The molecular weight excluding hydrogens is 274 g/mol. The third-order valence-corrected chi connectivity index (χ3v) is 3.60. The summed E-state index contributed by atoms with van der Waals surface area (Å²) in [6, 6.07) is 6.17. The minimum absolute atomic E-state index is 0.453. The molecule has 19 heavy (non-hydrogen) atoms. The molecule has 0 N–H and O–H groups in total. The van der Waals surface area contributed by atoms with Gasteiger partial charge in [0.1, 0.15) is 5.15 Å². The highest BCUT2D eigenvalue weighted by molar-refractivity contribution is 7.98. The Bertz CT molecular complexity index is 653. The number of aromatic nitrogens is 1. The Morgan fingerprint density at radius 2 is 2.11 bits per heavy atom. The van der Waals surface area contributed by atoms with Gasteiger partial charge in [-0.25, -0.2) is 4.98 Å². The molecule has 1 aromatic heterocycles. The van der Waals surface area contributed by atoms with Crippen LogP contribution in [0.4, 0.5) is 0 Å². The zero-order valence-corrected chi connectivity index (χ0v) is 12.9. The summed E-state index contributed by atoms with van der Waals surface area (Å²) in [6.45, 7) is 4.37. The quantitative estimate of drug-likeness (QED) is 0.586. The van der Waals surface area contributed by atoms with Gasteiger partial charge in [0.2, 0.25) is 0 Å². The van der Waals surface area contributed by atoms with E-state index in [0.717, 1.165) is 22.1 Å². The lowest BCUT2D eigenvalue weighted by molar-refractivity contribution is 0.876. The summed E-state index contributed by atoms with van der Waals surface area (Å²) in [4.78, 5) is 4.19. The van der Waals surface area contributed by atoms with Crippen molar-refractivity contribution in [1.29, 1.82) is 0 Å². The van der Waals surface area contributed by atoms with E-state index in [1.54, 1.807) is 11.8 Å². The van der Waals surface area contributed by atoms with Crippen molar-refractivity contribution >= 4 is 34.1 Å². The minimum atomic E-state index is 0.453. The molecule has 0 unspecified atom stereocenters. The lowest BCUT2D eigenvalue weighted by atomic mass is 9.94. The molecule has 0 spiro atoms. The summed E-state index contributed by atoms with van der Waals surface area (Å²) in [7, 11) is 0.